The molecular weight excluding hydrogens is 538 g/mol. The SMILES string of the molecule is C=C1C=CC=CN1c1c(-c2ccc(-c3ccc(-c4ccc5ccc6cccnc6c5n4)cc3)cc2)nc2ccccc2c1N. The van der Waals surface area contributed by atoms with E-state index >= 15 is 0 Å². The summed E-state index contributed by atoms with van der Waals surface area (Å²) in [5.41, 5.74) is 17.9. The molecule has 0 saturated carbocycles. The molecule has 0 spiro atoms. The van der Waals surface area contributed by atoms with E-state index in [2.05, 4.69) is 90.4 Å². The third-order valence-corrected chi connectivity index (χ3v) is 8.20. The molecule has 0 fully saturated rings. The van der Waals surface area contributed by atoms with Crippen LogP contribution in [0, 0.1) is 0 Å². The monoisotopic (exact) mass is 565 g/mol. The van der Waals surface area contributed by atoms with Crippen molar-refractivity contribution in [3.05, 3.63) is 152 Å². The van der Waals surface area contributed by atoms with Gasteiger partial charge in [-0.15, -0.1) is 0 Å². The van der Waals surface area contributed by atoms with Gasteiger partial charge < -0.3 is 10.6 Å². The molecule has 0 aliphatic carbocycles. The average molecular weight is 566 g/mol. The molecule has 0 saturated heterocycles. The minimum Gasteiger partial charge on any atom is -0.396 e. The van der Waals surface area contributed by atoms with Crippen LogP contribution in [0.4, 0.5) is 11.4 Å². The molecule has 8 rings (SSSR count). The van der Waals surface area contributed by atoms with E-state index < -0.39 is 0 Å². The zero-order valence-corrected chi connectivity index (χ0v) is 23.9. The molecule has 44 heavy (non-hydrogen) atoms. The number of nitrogens with zero attached hydrogens (tertiary/aromatic N) is 4. The number of anilines is 2. The Morgan fingerprint density at radius 3 is 2.07 bits per heavy atom. The standard InChI is InChI=1S/C39H27N5/c1-25-7-4-5-24-44(25)39-35(40)32-9-2-3-10-34(32)43-38(39)31-17-13-27(14-18-31)26-11-15-28(16-12-26)33-22-21-30-20-19-29-8-6-23-41-36(29)37(30)42-33/h2-24H,1H2,(H2,40,43). The largest absolute Gasteiger partial charge is 0.396 e. The van der Waals surface area contributed by atoms with Crippen molar-refractivity contribution in [1.82, 2.24) is 15.0 Å². The van der Waals surface area contributed by atoms with Gasteiger partial charge in [-0.1, -0.05) is 104 Å². The minimum absolute atomic E-state index is 0.678. The van der Waals surface area contributed by atoms with Crippen molar-refractivity contribution in [2.45, 2.75) is 0 Å². The van der Waals surface area contributed by atoms with E-state index in [-0.39, 0.29) is 0 Å². The maximum Gasteiger partial charge on any atom is 0.0972 e. The van der Waals surface area contributed by atoms with Crippen LogP contribution >= 0.6 is 0 Å². The van der Waals surface area contributed by atoms with E-state index in [9.17, 15) is 0 Å². The van der Waals surface area contributed by atoms with Gasteiger partial charge in [0.2, 0.25) is 0 Å². The van der Waals surface area contributed by atoms with Gasteiger partial charge in [-0.05, 0) is 41.5 Å². The summed E-state index contributed by atoms with van der Waals surface area (Å²) in [7, 11) is 0. The molecule has 7 aromatic rings. The molecule has 1 aliphatic rings. The average Bonchev–Trinajstić information content (AvgIpc) is 3.09. The molecule has 1 aliphatic heterocycles. The smallest absolute Gasteiger partial charge is 0.0972 e. The number of rotatable bonds is 4. The highest BCUT2D eigenvalue weighted by Crippen LogP contribution is 2.41. The molecular formula is C39H27N5. The number of hydrogen-bond donors (Lipinski definition) is 1. The van der Waals surface area contributed by atoms with E-state index in [0.29, 0.717) is 5.69 Å². The molecule has 4 aromatic carbocycles. The molecule has 0 radical (unpaired) electrons. The highest BCUT2D eigenvalue weighted by molar-refractivity contribution is 6.04. The molecule has 2 N–H and O–H groups in total. The van der Waals surface area contributed by atoms with E-state index in [1.54, 1.807) is 0 Å². The van der Waals surface area contributed by atoms with Gasteiger partial charge in [0, 0.05) is 45.4 Å². The summed E-state index contributed by atoms with van der Waals surface area (Å²) in [6, 6.07) is 37.4. The Morgan fingerprint density at radius 2 is 1.30 bits per heavy atom. The van der Waals surface area contributed by atoms with Crippen LogP contribution in [-0.4, -0.2) is 15.0 Å². The topological polar surface area (TPSA) is 67.9 Å². The fourth-order valence-electron chi connectivity index (χ4n) is 5.91. The van der Waals surface area contributed by atoms with Gasteiger partial charge in [0.25, 0.3) is 0 Å². The quantitative estimate of drug-likeness (QED) is 0.215. The summed E-state index contributed by atoms with van der Waals surface area (Å²) < 4.78 is 0. The molecule has 0 unspecified atom stereocenters. The molecule has 5 nitrogen and oxygen atoms in total. The van der Waals surface area contributed by atoms with Gasteiger partial charge in [0.05, 0.1) is 39.3 Å². The summed E-state index contributed by atoms with van der Waals surface area (Å²) in [6.45, 7) is 4.24. The Balaban J connectivity index is 1.14. The molecule has 0 atom stereocenters. The van der Waals surface area contributed by atoms with Crippen molar-refractivity contribution in [1.29, 1.82) is 0 Å². The van der Waals surface area contributed by atoms with Crippen LogP contribution in [-0.2, 0) is 0 Å². The Morgan fingerprint density at radius 1 is 0.614 bits per heavy atom. The maximum atomic E-state index is 6.80. The zero-order chi connectivity index (χ0) is 29.6. The molecule has 4 heterocycles. The van der Waals surface area contributed by atoms with Crippen molar-refractivity contribution < 1.29 is 0 Å². The van der Waals surface area contributed by atoms with E-state index in [0.717, 1.165) is 77.7 Å². The van der Waals surface area contributed by atoms with Gasteiger partial charge in [-0.2, -0.15) is 0 Å². The number of hydrogen-bond acceptors (Lipinski definition) is 5. The summed E-state index contributed by atoms with van der Waals surface area (Å²) in [5, 5.41) is 3.09. The fraction of sp³-hybridized carbons (Fsp3) is 0. The van der Waals surface area contributed by atoms with Crippen molar-refractivity contribution in [3.8, 4) is 33.6 Å². The van der Waals surface area contributed by atoms with E-state index in [4.69, 9.17) is 15.7 Å². The van der Waals surface area contributed by atoms with E-state index in [1.807, 2.05) is 65.9 Å². The number of nitrogens with two attached hydrogens (primary N) is 1. The summed E-state index contributed by atoms with van der Waals surface area (Å²) in [4.78, 5) is 16.7. The lowest BCUT2D eigenvalue weighted by atomic mass is 9.98. The van der Waals surface area contributed by atoms with Gasteiger partial charge >= 0.3 is 0 Å². The van der Waals surface area contributed by atoms with Gasteiger partial charge in [0.15, 0.2) is 0 Å². The second-order valence-corrected chi connectivity index (χ2v) is 10.9. The van der Waals surface area contributed by atoms with Crippen molar-refractivity contribution in [2.24, 2.45) is 0 Å². The minimum atomic E-state index is 0.678. The summed E-state index contributed by atoms with van der Waals surface area (Å²) >= 11 is 0. The van der Waals surface area contributed by atoms with Crippen LogP contribution < -0.4 is 10.6 Å². The molecule has 0 amide bonds. The predicted molar refractivity (Wildman–Crippen MR) is 183 cm³/mol. The van der Waals surface area contributed by atoms with Crippen LogP contribution in [0.15, 0.2) is 152 Å². The Kier molecular flexibility index (Phi) is 6.02. The van der Waals surface area contributed by atoms with Gasteiger partial charge in [0.1, 0.15) is 0 Å². The normalized spacial score (nSPS) is 12.9. The van der Waals surface area contributed by atoms with Crippen molar-refractivity contribution in [2.75, 3.05) is 10.6 Å². The number of benzene rings is 4. The van der Waals surface area contributed by atoms with Crippen molar-refractivity contribution >= 4 is 44.1 Å². The first kappa shape index (κ1) is 25.6. The number of allylic oxidation sites excluding steroid dienone is 3. The predicted octanol–water partition coefficient (Wildman–Crippen LogP) is 9.32. The van der Waals surface area contributed by atoms with Crippen LogP contribution in [0.3, 0.4) is 0 Å². The van der Waals surface area contributed by atoms with Gasteiger partial charge in [-0.3, -0.25) is 4.98 Å². The highest BCUT2D eigenvalue weighted by Gasteiger charge is 2.21. The number of para-hydroxylation sites is 1. The number of aromatic nitrogens is 3. The molecule has 208 valence electrons. The van der Waals surface area contributed by atoms with Crippen LogP contribution in [0.5, 0.6) is 0 Å². The second kappa shape index (κ2) is 10.3. The molecule has 0 bridgehead atoms. The zero-order valence-electron chi connectivity index (χ0n) is 23.9. The van der Waals surface area contributed by atoms with E-state index in [1.165, 1.54) is 0 Å². The van der Waals surface area contributed by atoms with Crippen molar-refractivity contribution in [3.63, 3.8) is 0 Å². The number of fused-ring (bicyclic) bond motifs is 4. The lowest BCUT2D eigenvalue weighted by Crippen LogP contribution is -2.18. The van der Waals surface area contributed by atoms with Crippen LogP contribution in [0.25, 0.3) is 66.4 Å². The maximum absolute atomic E-state index is 6.80. The first-order valence-electron chi connectivity index (χ1n) is 14.5. The summed E-state index contributed by atoms with van der Waals surface area (Å²) in [5.74, 6) is 0. The van der Waals surface area contributed by atoms with Gasteiger partial charge in [-0.25, -0.2) is 9.97 Å². The third kappa shape index (κ3) is 4.30. The fourth-order valence-corrected chi connectivity index (χ4v) is 5.91. The van der Waals surface area contributed by atoms with Crippen LogP contribution in [0.2, 0.25) is 0 Å². The third-order valence-electron chi connectivity index (χ3n) is 8.20. The number of nitrogen functional groups attached to an aromatic ring is 1. The Hall–Kier alpha value is -6.07. The second-order valence-electron chi connectivity index (χ2n) is 10.9. The lowest BCUT2D eigenvalue weighted by Gasteiger charge is -2.27. The highest BCUT2D eigenvalue weighted by atomic mass is 15.1. The first-order chi connectivity index (χ1) is 21.6. The summed E-state index contributed by atoms with van der Waals surface area (Å²) in [6.07, 6.45) is 9.72. The molecule has 5 heteroatoms. The Bertz CT molecular complexity index is 2300. The van der Waals surface area contributed by atoms with Crippen LogP contribution in [0.1, 0.15) is 0 Å². The number of pyridine rings is 3. The first-order valence-corrected chi connectivity index (χ1v) is 14.5. The molecule has 3 aromatic heterocycles. The lowest BCUT2D eigenvalue weighted by molar-refractivity contribution is 1.19. The Labute approximate surface area is 255 Å².